The highest BCUT2D eigenvalue weighted by Gasteiger charge is 2.22. The molecule has 0 N–H and O–H groups in total. The summed E-state index contributed by atoms with van der Waals surface area (Å²) in [6.45, 7) is 2.02. The van der Waals surface area contributed by atoms with Gasteiger partial charge in [0.05, 0.1) is 5.69 Å². The molecule has 2 nitrogen and oxygen atoms in total. The summed E-state index contributed by atoms with van der Waals surface area (Å²) in [5, 5.41) is 0.867. The van der Waals surface area contributed by atoms with Gasteiger partial charge in [-0.05, 0) is 49.6 Å². The van der Waals surface area contributed by atoms with E-state index in [1.54, 1.807) is 28.4 Å². The highest BCUT2D eigenvalue weighted by molar-refractivity contribution is 7.16. The topological polar surface area (TPSA) is 20.3 Å². The minimum atomic E-state index is -0.314. The molecule has 1 fully saturated rings. The first-order chi connectivity index (χ1) is 11.6. The predicted octanol–water partition coefficient (Wildman–Crippen LogP) is 6.22. The number of rotatable bonds is 5. The molecule has 4 heteroatoms. The Morgan fingerprint density at radius 3 is 2.67 bits per heavy atom. The fourth-order valence-electron chi connectivity index (χ4n) is 3.47. The van der Waals surface area contributed by atoms with Gasteiger partial charge in [0.15, 0.2) is 0 Å². The van der Waals surface area contributed by atoms with Gasteiger partial charge in [-0.2, -0.15) is 0 Å². The van der Waals surface area contributed by atoms with E-state index in [1.807, 2.05) is 19.1 Å². The molecule has 1 heterocycles. The number of carbonyl (C=O) groups excluding carboxylic acids is 1. The van der Waals surface area contributed by atoms with Crippen molar-refractivity contribution in [2.45, 2.75) is 51.9 Å². The second-order valence-electron chi connectivity index (χ2n) is 6.64. The van der Waals surface area contributed by atoms with Crippen molar-refractivity contribution in [2.24, 2.45) is 5.92 Å². The van der Waals surface area contributed by atoms with E-state index in [4.69, 9.17) is 0 Å². The van der Waals surface area contributed by atoms with Crippen LogP contribution in [-0.4, -0.2) is 5.91 Å². The van der Waals surface area contributed by atoms with Crippen molar-refractivity contribution in [3.8, 4) is 0 Å². The monoisotopic (exact) mass is 345 g/mol. The van der Waals surface area contributed by atoms with Gasteiger partial charge < -0.3 is 0 Å². The average Bonchev–Trinajstić information content (AvgIpc) is 3.00. The van der Waals surface area contributed by atoms with E-state index in [2.05, 4.69) is 0 Å². The summed E-state index contributed by atoms with van der Waals surface area (Å²) >= 11 is 1.57. The summed E-state index contributed by atoms with van der Waals surface area (Å²) in [4.78, 5) is 15.7. The molecule has 0 aliphatic heterocycles. The Hall–Kier alpha value is -1.68. The van der Waals surface area contributed by atoms with Gasteiger partial charge in [-0.1, -0.05) is 38.2 Å². The van der Waals surface area contributed by atoms with Gasteiger partial charge in [0.2, 0.25) is 5.91 Å². The first-order valence-corrected chi connectivity index (χ1v) is 9.60. The van der Waals surface area contributed by atoms with Gasteiger partial charge in [-0.3, -0.25) is 9.69 Å². The van der Waals surface area contributed by atoms with Crippen LogP contribution in [0, 0.1) is 18.7 Å². The molecule has 3 rings (SSSR count). The van der Waals surface area contributed by atoms with Crippen LogP contribution in [0.4, 0.5) is 15.1 Å². The zero-order valence-corrected chi connectivity index (χ0v) is 14.9. The van der Waals surface area contributed by atoms with E-state index in [0.29, 0.717) is 18.0 Å². The van der Waals surface area contributed by atoms with Crippen molar-refractivity contribution in [3.63, 3.8) is 0 Å². The Balaban J connectivity index is 1.77. The van der Waals surface area contributed by atoms with Crippen molar-refractivity contribution < 1.29 is 9.18 Å². The number of hydrogen-bond donors (Lipinski definition) is 0. The Labute approximate surface area is 147 Å². The third kappa shape index (κ3) is 4.23. The molecule has 0 radical (unpaired) electrons. The summed E-state index contributed by atoms with van der Waals surface area (Å²) in [6, 6.07) is 10.3. The van der Waals surface area contributed by atoms with E-state index >= 15 is 0 Å². The first kappa shape index (κ1) is 17.2. The molecule has 1 saturated carbocycles. The number of amides is 1. The minimum absolute atomic E-state index is 0.0630. The van der Waals surface area contributed by atoms with Gasteiger partial charge in [0, 0.05) is 11.3 Å². The summed E-state index contributed by atoms with van der Waals surface area (Å²) < 4.78 is 13.7. The van der Waals surface area contributed by atoms with Gasteiger partial charge >= 0.3 is 0 Å². The van der Waals surface area contributed by atoms with Crippen LogP contribution >= 0.6 is 11.3 Å². The minimum Gasteiger partial charge on any atom is -0.274 e. The van der Waals surface area contributed by atoms with Gasteiger partial charge in [-0.25, -0.2) is 4.39 Å². The van der Waals surface area contributed by atoms with E-state index in [-0.39, 0.29) is 11.7 Å². The summed E-state index contributed by atoms with van der Waals surface area (Å²) in [7, 11) is 0. The molecule has 128 valence electrons. The molecule has 1 aliphatic rings. The molecule has 1 aliphatic carbocycles. The van der Waals surface area contributed by atoms with E-state index in [9.17, 15) is 9.18 Å². The Morgan fingerprint density at radius 1 is 1.21 bits per heavy atom. The summed E-state index contributed by atoms with van der Waals surface area (Å²) in [6.07, 6.45) is 7.85. The van der Waals surface area contributed by atoms with E-state index < -0.39 is 0 Å². The fourth-order valence-corrected chi connectivity index (χ4v) is 4.37. The second-order valence-corrected chi connectivity index (χ2v) is 7.90. The summed E-state index contributed by atoms with van der Waals surface area (Å²) in [5.74, 6) is 0.418. The predicted molar refractivity (Wildman–Crippen MR) is 98.4 cm³/mol. The molecule has 0 spiro atoms. The van der Waals surface area contributed by atoms with Crippen LogP contribution in [0.3, 0.4) is 0 Å². The largest absolute Gasteiger partial charge is 0.274 e. The quantitative estimate of drug-likeness (QED) is 0.630. The van der Waals surface area contributed by atoms with Gasteiger partial charge in [0.25, 0.3) is 0 Å². The molecule has 0 bridgehead atoms. The van der Waals surface area contributed by atoms with Crippen LogP contribution in [0.15, 0.2) is 36.4 Å². The zero-order valence-electron chi connectivity index (χ0n) is 14.1. The summed E-state index contributed by atoms with van der Waals surface area (Å²) in [5.41, 5.74) is 0.616. The smallest absolute Gasteiger partial charge is 0.232 e. The third-order valence-corrected chi connectivity index (χ3v) is 5.74. The maximum Gasteiger partial charge on any atom is 0.232 e. The zero-order chi connectivity index (χ0) is 16.9. The van der Waals surface area contributed by atoms with Crippen LogP contribution in [0.1, 0.15) is 49.8 Å². The Kier molecular flexibility index (Phi) is 5.67. The molecule has 1 aromatic carbocycles. The lowest BCUT2D eigenvalue weighted by atomic mass is 9.86. The number of nitrogens with zero attached hydrogens (tertiary/aromatic N) is 1. The van der Waals surface area contributed by atoms with Gasteiger partial charge in [-0.15, -0.1) is 11.3 Å². The van der Waals surface area contributed by atoms with Gasteiger partial charge in [0.1, 0.15) is 10.8 Å². The lowest BCUT2D eigenvalue weighted by Gasteiger charge is -2.24. The molecule has 2 aromatic rings. The molecule has 0 unspecified atom stereocenters. The van der Waals surface area contributed by atoms with E-state index in [0.717, 1.165) is 16.3 Å². The normalized spacial score (nSPS) is 15.4. The van der Waals surface area contributed by atoms with Crippen LogP contribution in [0.2, 0.25) is 0 Å². The Bertz CT molecular complexity index is 690. The number of thiophene rings is 1. The molecule has 0 atom stereocenters. The van der Waals surface area contributed by atoms with Crippen molar-refractivity contribution in [1.82, 2.24) is 0 Å². The standard InChI is InChI=1S/C20H24FNOS/c1-15-10-13-20(24-15)22(18-9-5-8-17(21)14-18)19(23)12-11-16-6-3-2-4-7-16/h5,8-10,13-14,16H,2-4,6-7,11-12H2,1H3. The number of anilines is 2. The third-order valence-electron chi connectivity index (χ3n) is 4.75. The van der Waals surface area contributed by atoms with Crippen molar-refractivity contribution in [1.29, 1.82) is 0 Å². The number of benzene rings is 1. The Morgan fingerprint density at radius 2 is 2.00 bits per heavy atom. The maximum atomic E-state index is 13.7. The number of aryl methyl sites for hydroxylation is 1. The number of carbonyl (C=O) groups is 1. The second kappa shape index (κ2) is 7.93. The first-order valence-electron chi connectivity index (χ1n) is 8.78. The van der Waals surface area contributed by atoms with E-state index in [1.165, 1.54) is 44.2 Å². The number of halogens is 1. The van der Waals surface area contributed by atoms with Crippen LogP contribution in [0.5, 0.6) is 0 Å². The van der Waals surface area contributed by atoms with Crippen molar-refractivity contribution in [2.75, 3.05) is 4.90 Å². The van der Waals surface area contributed by atoms with Crippen molar-refractivity contribution in [3.05, 3.63) is 47.1 Å². The van der Waals surface area contributed by atoms with Crippen LogP contribution in [0.25, 0.3) is 0 Å². The highest BCUT2D eigenvalue weighted by Crippen LogP contribution is 2.34. The lowest BCUT2D eigenvalue weighted by molar-refractivity contribution is -0.118. The van der Waals surface area contributed by atoms with Crippen molar-refractivity contribution >= 4 is 27.9 Å². The molecule has 1 aromatic heterocycles. The molecular formula is C20H24FNOS. The molecular weight excluding hydrogens is 321 g/mol. The van der Waals surface area contributed by atoms with Crippen LogP contribution < -0.4 is 4.90 Å². The SMILES string of the molecule is Cc1ccc(N(C(=O)CCC2CCCCC2)c2cccc(F)c2)s1. The highest BCUT2D eigenvalue weighted by atomic mass is 32.1. The fraction of sp³-hybridized carbons (Fsp3) is 0.450. The molecule has 1 amide bonds. The molecule has 0 saturated heterocycles. The maximum absolute atomic E-state index is 13.7. The van der Waals surface area contributed by atoms with Crippen LogP contribution in [-0.2, 0) is 4.79 Å². The molecule has 24 heavy (non-hydrogen) atoms. The average molecular weight is 345 g/mol. The lowest BCUT2D eigenvalue weighted by Crippen LogP contribution is -2.25. The number of hydrogen-bond acceptors (Lipinski definition) is 2.